The van der Waals surface area contributed by atoms with E-state index < -0.39 is 5.97 Å². The van der Waals surface area contributed by atoms with Gasteiger partial charge in [-0.3, -0.25) is 4.79 Å². The summed E-state index contributed by atoms with van der Waals surface area (Å²) in [6, 6.07) is 14.0. The van der Waals surface area contributed by atoms with Crippen molar-refractivity contribution >= 4 is 29.2 Å². The third kappa shape index (κ3) is 4.33. The van der Waals surface area contributed by atoms with Crippen LogP contribution in [0.15, 0.2) is 48.5 Å². The van der Waals surface area contributed by atoms with E-state index in [-0.39, 0.29) is 23.6 Å². The number of halogens is 1. The number of carbonyl (C=O) groups is 2. The Morgan fingerprint density at radius 1 is 1.10 bits per heavy atom. The summed E-state index contributed by atoms with van der Waals surface area (Å²) in [6.45, 7) is 0. The molecule has 2 aromatic rings. The molecule has 21 heavy (non-hydrogen) atoms. The number of carboxylic acid groups (broad SMARTS) is 1. The average Bonchev–Trinajstić information content (AvgIpc) is 2.48. The maximum Gasteiger partial charge on any atom is 0.337 e. The molecule has 0 fully saturated rings. The van der Waals surface area contributed by atoms with Crippen molar-refractivity contribution < 1.29 is 14.7 Å². The molecule has 1 amide bonds. The first-order chi connectivity index (χ1) is 10.1. The number of carboxylic acids is 1. The van der Waals surface area contributed by atoms with Crippen molar-refractivity contribution in [2.75, 3.05) is 5.32 Å². The van der Waals surface area contributed by atoms with Crippen molar-refractivity contribution in [3.8, 4) is 0 Å². The van der Waals surface area contributed by atoms with Crippen LogP contribution in [0.25, 0.3) is 0 Å². The number of hydrogen-bond acceptors (Lipinski definition) is 2. The molecule has 0 aliphatic heterocycles. The largest absolute Gasteiger partial charge is 0.478 e. The molecule has 0 saturated heterocycles. The minimum absolute atomic E-state index is 0.0180. The zero-order valence-corrected chi connectivity index (χ0v) is 11.9. The van der Waals surface area contributed by atoms with Crippen LogP contribution in [0.3, 0.4) is 0 Å². The maximum absolute atomic E-state index is 11.9. The van der Waals surface area contributed by atoms with Gasteiger partial charge in [-0.2, -0.15) is 0 Å². The lowest BCUT2D eigenvalue weighted by Crippen LogP contribution is -2.15. The van der Waals surface area contributed by atoms with Crippen LogP contribution in [-0.2, 0) is 11.2 Å². The Morgan fingerprint density at radius 2 is 1.81 bits per heavy atom. The van der Waals surface area contributed by atoms with Crippen LogP contribution < -0.4 is 5.32 Å². The van der Waals surface area contributed by atoms with Crippen molar-refractivity contribution in [3.05, 3.63) is 64.7 Å². The van der Waals surface area contributed by atoms with E-state index in [9.17, 15) is 9.59 Å². The van der Waals surface area contributed by atoms with Crippen molar-refractivity contribution in [3.63, 3.8) is 0 Å². The molecular weight excluding hydrogens is 290 g/mol. The summed E-state index contributed by atoms with van der Waals surface area (Å²) in [5.74, 6) is -1.36. The van der Waals surface area contributed by atoms with Gasteiger partial charge in [0.25, 0.3) is 0 Å². The molecule has 0 aliphatic carbocycles. The molecule has 0 aromatic heterocycles. The fourth-order valence-electron chi connectivity index (χ4n) is 1.92. The smallest absolute Gasteiger partial charge is 0.337 e. The zero-order valence-electron chi connectivity index (χ0n) is 11.2. The van der Waals surface area contributed by atoms with Gasteiger partial charge in [-0.25, -0.2) is 4.79 Å². The lowest BCUT2D eigenvalue weighted by molar-refractivity contribution is -0.116. The molecule has 0 heterocycles. The molecule has 0 saturated carbocycles. The predicted molar refractivity (Wildman–Crippen MR) is 81.8 cm³/mol. The van der Waals surface area contributed by atoms with E-state index in [1.807, 2.05) is 30.3 Å². The van der Waals surface area contributed by atoms with Gasteiger partial charge in [-0.15, -0.1) is 0 Å². The molecule has 4 nitrogen and oxygen atoms in total. The van der Waals surface area contributed by atoms with Crippen LogP contribution >= 0.6 is 11.6 Å². The fourth-order valence-corrected chi connectivity index (χ4v) is 2.09. The van der Waals surface area contributed by atoms with Crippen LogP contribution in [0.2, 0.25) is 5.02 Å². The van der Waals surface area contributed by atoms with Gasteiger partial charge in [0.15, 0.2) is 0 Å². The molecule has 0 atom stereocenters. The van der Waals surface area contributed by atoms with Crippen molar-refractivity contribution in [2.45, 2.75) is 12.8 Å². The number of carbonyl (C=O) groups excluding carboxylic acids is 1. The molecule has 0 spiro atoms. The number of benzene rings is 2. The van der Waals surface area contributed by atoms with E-state index >= 15 is 0 Å². The second-order valence-corrected chi connectivity index (χ2v) is 4.97. The highest BCUT2D eigenvalue weighted by Gasteiger charge is 2.13. The van der Waals surface area contributed by atoms with Gasteiger partial charge in [0, 0.05) is 11.4 Å². The van der Waals surface area contributed by atoms with E-state index in [0.29, 0.717) is 11.4 Å². The van der Waals surface area contributed by atoms with Crippen LogP contribution in [0.1, 0.15) is 22.3 Å². The van der Waals surface area contributed by atoms with Gasteiger partial charge in [-0.05, 0) is 30.2 Å². The number of nitrogens with one attached hydrogen (secondary N) is 1. The SMILES string of the molecule is O=C(CCc1ccccc1)Nc1ccc(Cl)cc1C(=O)O. The zero-order chi connectivity index (χ0) is 15.2. The van der Waals surface area contributed by atoms with Gasteiger partial charge in [0.2, 0.25) is 5.91 Å². The highest BCUT2D eigenvalue weighted by molar-refractivity contribution is 6.31. The molecule has 2 aromatic carbocycles. The lowest BCUT2D eigenvalue weighted by atomic mass is 10.1. The van der Waals surface area contributed by atoms with Gasteiger partial charge in [-0.1, -0.05) is 41.9 Å². The minimum Gasteiger partial charge on any atom is -0.478 e. The number of anilines is 1. The third-order valence-corrected chi connectivity index (χ3v) is 3.20. The van der Waals surface area contributed by atoms with E-state index in [1.165, 1.54) is 12.1 Å². The topological polar surface area (TPSA) is 66.4 Å². The molecule has 2 N–H and O–H groups in total. The second-order valence-electron chi connectivity index (χ2n) is 4.53. The molecule has 0 unspecified atom stereocenters. The Morgan fingerprint density at radius 3 is 2.48 bits per heavy atom. The summed E-state index contributed by atoms with van der Waals surface area (Å²) in [7, 11) is 0. The Hall–Kier alpha value is -2.33. The van der Waals surface area contributed by atoms with E-state index in [0.717, 1.165) is 5.56 Å². The number of rotatable bonds is 5. The van der Waals surface area contributed by atoms with Crippen LogP contribution in [0, 0.1) is 0 Å². The van der Waals surface area contributed by atoms with E-state index in [2.05, 4.69) is 5.32 Å². The van der Waals surface area contributed by atoms with E-state index in [1.54, 1.807) is 6.07 Å². The Labute approximate surface area is 127 Å². The lowest BCUT2D eigenvalue weighted by Gasteiger charge is -2.09. The summed E-state index contributed by atoms with van der Waals surface area (Å²) in [5, 5.41) is 12.0. The second kappa shape index (κ2) is 6.90. The molecule has 0 bridgehead atoms. The third-order valence-electron chi connectivity index (χ3n) is 2.97. The first-order valence-corrected chi connectivity index (χ1v) is 6.80. The summed E-state index contributed by atoms with van der Waals surface area (Å²) in [4.78, 5) is 23.0. The Kier molecular flexibility index (Phi) is 4.95. The van der Waals surface area contributed by atoms with Crippen LogP contribution in [0.4, 0.5) is 5.69 Å². The first-order valence-electron chi connectivity index (χ1n) is 6.43. The molecule has 0 radical (unpaired) electrons. The minimum atomic E-state index is -1.13. The summed E-state index contributed by atoms with van der Waals surface area (Å²) in [5.41, 5.74) is 1.29. The fraction of sp³-hybridized carbons (Fsp3) is 0.125. The number of aryl methyl sites for hydroxylation is 1. The Bertz CT molecular complexity index is 656. The normalized spacial score (nSPS) is 10.1. The van der Waals surface area contributed by atoms with Crippen molar-refractivity contribution in [1.82, 2.24) is 0 Å². The van der Waals surface area contributed by atoms with E-state index in [4.69, 9.17) is 16.7 Å². The average molecular weight is 304 g/mol. The maximum atomic E-state index is 11.9. The quantitative estimate of drug-likeness (QED) is 0.886. The highest BCUT2D eigenvalue weighted by Crippen LogP contribution is 2.21. The van der Waals surface area contributed by atoms with Crippen LogP contribution in [-0.4, -0.2) is 17.0 Å². The standard InChI is InChI=1S/C16H14ClNO3/c17-12-7-8-14(13(10-12)16(20)21)18-15(19)9-6-11-4-2-1-3-5-11/h1-5,7-8,10H,6,9H2,(H,18,19)(H,20,21). The Balaban J connectivity index is 2.01. The molecule has 2 rings (SSSR count). The molecule has 108 valence electrons. The monoisotopic (exact) mass is 303 g/mol. The number of amides is 1. The predicted octanol–water partition coefficient (Wildman–Crippen LogP) is 3.61. The van der Waals surface area contributed by atoms with Crippen molar-refractivity contribution in [2.24, 2.45) is 0 Å². The van der Waals surface area contributed by atoms with Crippen LogP contribution in [0.5, 0.6) is 0 Å². The summed E-state index contributed by atoms with van der Waals surface area (Å²) in [6.07, 6.45) is 0.883. The van der Waals surface area contributed by atoms with Crippen molar-refractivity contribution in [1.29, 1.82) is 0 Å². The highest BCUT2D eigenvalue weighted by atomic mass is 35.5. The summed E-state index contributed by atoms with van der Waals surface area (Å²) < 4.78 is 0. The summed E-state index contributed by atoms with van der Waals surface area (Å²) >= 11 is 5.76. The van der Waals surface area contributed by atoms with Gasteiger partial charge >= 0.3 is 5.97 Å². The van der Waals surface area contributed by atoms with Gasteiger partial charge in [0.1, 0.15) is 0 Å². The first kappa shape index (κ1) is 15.1. The molecule has 5 heteroatoms. The van der Waals surface area contributed by atoms with Gasteiger partial charge < -0.3 is 10.4 Å². The number of hydrogen-bond donors (Lipinski definition) is 2. The molecule has 0 aliphatic rings. The van der Waals surface area contributed by atoms with Gasteiger partial charge in [0.05, 0.1) is 11.3 Å². The molecular formula is C16H14ClNO3. The number of aromatic carboxylic acids is 1.